The Morgan fingerprint density at radius 3 is 2.16 bits per heavy atom. The molecular weight excluding hydrogens is 505 g/mol. The molecule has 0 saturated carbocycles. The van der Waals surface area contributed by atoms with Gasteiger partial charge in [0.05, 0.1) is 19.6 Å². The number of Topliss-reactive ketones (excluding diaryl/α,β-unsaturated/α-hetero) is 1. The molecule has 38 heavy (non-hydrogen) atoms. The molecule has 0 fully saturated rings. The molecule has 0 saturated heterocycles. The third-order valence-electron chi connectivity index (χ3n) is 5.76. The van der Waals surface area contributed by atoms with Gasteiger partial charge in [0.25, 0.3) is 0 Å². The Morgan fingerprint density at radius 2 is 1.45 bits per heavy atom. The molecule has 1 unspecified atom stereocenters. The van der Waals surface area contributed by atoms with Gasteiger partial charge in [0, 0.05) is 11.4 Å². The monoisotopic (exact) mass is 531 g/mol. The van der Waals surface area contributed by atoms with Gasteiger partial charge >= 0.3 is 0 Å². The van der Waals surface area contributed by atoms with Crippen LogP contribution in [-0.4, -0.2) is 24.3 Å². The van der Waals surface area contributed by atoms with Crippen LogP contribution >= 0.6 is 11.6 Å². The lowest BCUT2D eigenvalue weighted by molar-refractivity contribution is -0.128. The van der Waals surface area contributed by atoms with E-state index in [1.807, 2.05) is 60.7 Å². The number of rotatable bonds is 12. The SMILES string of the molecule is O=C(Cc1cc(Cl)ccc1F)NC(COCc1ccccc1)C(=O)Cc1ccc(Oc2ccccc2)cc1. The summed E-state index contributed by atoms with van der Waals surface area (Å²) in [4.78, 5) is 26.0. The number of para-hydroxylation sites is 1. The van der Waals surface area contributed by atoms with Gasteiger partial charge in [-0.2, -0.15) is 0 Å². The van der Waals surface area contributed by atoms with E-state index in [9.17, 15) is 14.0 Å². The van der Waals surface area contributed by atoms with E-state index in [2.05, 4.69) is 5.32 Å². The van der Waals surface area contributed by atoms with Crippen molar-refractivity contribution in [2.45, 2.75) is 25.5 Å². The average molecular weight is 532 g/mol. The number of carbonyl (C=O) groups excluding carboxylic acids is 2. The second kappa shape index (κ2) is 13.5. The molecule has 0 heterocycles. The van der Waals surface area contributed by atoms with E-state index < -0.39 is 17.8 Å². The summed E-state index contributed by atoms with van der Waals surface area (Å²) < 4.78 is 25.7. The highest BCUT2D eigenvalue weighted by Gasteiger charge is 2.22. The quantitative estimate of drug-likeness (QED) is 0.232. The zero-order valence-electron chi connectivity index (χ0n) is 20.6. The summed E-state index contributed by atoms with van der Waals surface area (Å²) in [5.41, 5.74) is 1.86. The number of hydrogen-bond acceptors (Lipinski definition) is 4. The molecule has 0 aromatic heterocycles. The highest BCUT2D eigenvalue weighted by atomic mass is 35.5. The predicted molar refractivity (Wildman–Crippen MR) is 145 cm³/mol. The number of nitrogens with one attached hydrogen (secondary N) is 1. The van der Waals surface area contributed by atoms with Gasteiger partial charge in [0.2, 0.25) is 5.91 Å². The van der Waals surface area contributed by atoms with Gasteiger partial charge < -0.3 is 14.8 Å². The van der Waals surface area contributed by atoms with Crippen LogP contribution in [0.15, 0.2) is 103 Å². The maximum Gasteiger partial charge on any atom is 0.225 e. The summed E-state index contributed by atoms with van der Waals surface area (Å²) >= 11 is 5.95. The Morgan fingerprint density at radius 1 is 0.789 bits per heavy atom. The Hall–Kier alpha value is -4.00. The first-order valence-electron chi connectivity index (χ1n) is 12.2. The first-order chi connectivity index (χ1) is 18.5. The fourth-order valence-corrected chi connectivity index (χ4v) is 4.00. The van der Waals surface area contributed by atoms with Crippen molar-refractivity contribution < 1.29 is 23.5 Å². The Balaban J connectivity index is 1.40. The molecule has 1 atom stereocenters. The molecule has 4 aromatic carbocycles. The molecule has 0 aliphatic heterocycles. The van der Waals surface area contributed by atoms with E-state index in [0.717, 1.165) is 11.1 Å². The minimum atomic E-state index is -0.909. The normalized spacial score (nSPS) is 11.5. The van der Waals surface area contributed by atoms with Crippen LogP contribution in [0, 0.1) is 5.82 Å². The average Bonchev–Trinajstić information content (AvgIpc) is 2.92. The largest absolute Gasteiger partial charge is 0.457 e. The standard InChI is InChI=1S/C31H27ClFNO4/c32-25-13-16-28(33)24(18-25)19-31(36)34-29(21-37-20-23-7-3-1-4-8-23)30(35)17-22-11-14-27(15-12-22)38-26-9-5-2-6-10-26/h1-16,18,29H,17,19-21H2,(H,34,36). The first kappa shape index (κ1) is 27.0. The highest BCUT2D eigenvalue weighted by Crippen LogP contribution is 2.21. The van der Waals surface area contributed by atoms with Crippen molar-refractivity contribution in [3.05, 3.63) is 131 Å². The Labute approximate surface area is 226 Å². The molecule has 0 aliphatic carbocycles. The van der Waals surface area contributed by atoms with Crippen LogP contribution in [0.2, 0.25) is 5.02 Å². The minimum Gasteiger partial charge on any atom is -0.457 e. The molecule has 0 radical (unpaired) electrons. The van der Waals surface area contributed by atoms with Crippen molar-refractivity contribution in [2.75, 3.05) is 6.61 Å². The molecule has 1 amide bonds. The number of ketones is 1. The Kier molecular flexibility index (Phi) is 9.62. The number of benzene rings is 4. The third kappa shape index (κ3) is 8.26. The summed E-state index contributed by atoms with van der Waals surface area (Å²) in [6.07, 6.45) is -0.169. The summed E-state index contributed by atoms with van der Waals surface area (Å²) in [5, 5.41) is 3.04. The van der Waals surface area contributed by atoms with Gasteiger partial charge in [-0.3, -0.25) is 9.59 Å². The summed E-state index contributed by atoms with van der Waals surface area (Å²) in [7, 11) is 0. The summed E-state index contributed by atoms with van der Waals surface area (Å²) in [6.45, 7) is 0.266. The molecule has 1 N–H and O–H groups in total. The van der Waals surface area contributed by atoms with E-state index in [4.69, 9.17) is 21.1 Å². The van der Waals surface area contributed by atoms with E-state index in [0.29, 0.717) is 16.5 Å². The lowest BCUT2D eigenvalue weighted by Gasteiger charge is -2.18. The fraction of sp³-hybridized carbons (Fsp3) is 0.161. The predicted octanol–water partition coefficient (Wildman–Crippen LogP) is 6.33. The number of halogens is 2. The van der Waals surface area contributed by atoms with E-state index >= 15 is 0 Å². The van der Waals surface area contributed by atoms with Crippen LogP contribution in [0.5, 0.6) is 11.5 Å². The van der Waals surface area contributed by atoms with Gasteiger partial charge in [0.15, 0.2) is 5.78 Å². The van der Waals surface area contributed by atoms with Crippen LogP contribution in [0.4, 0.5) is 4.39 Å². The second-order valence-corrected chi connectivity index (χ2v) is 9.17. The van der Waals surface area contributed by atoms with Crippen molar-refractivity contribution in [1.29, 1.82) is 0 Å². The van der Waals surface area contributed by atoms with Crippen LogP contribution in [0.3, 0.4) is 0 Å². The second-order valence-electron chi connectivity index (χ2n) is 8.74. The molecule has 194 valence electrons. The number of amides is 1. The Bertz CT molecular complexity index is 1350. The summed E-state index contributed by atoms with van der Waals surface area (Å²) in [6, 6.07) is 29.2. The van der Waals surface area contributed by atoms with E-state index in [1.165, 1.54) is 18.2 Å². The molecular formula is C31H27ClFNO4. The van der Waals surface area contributed by atoms with Crippen LogP contribution in [0.25, 0.3) is 0 Å². The van der Waals surface area contributed by atoms with Crippen molar-refractivity contribution in [2.24, 2.45) is 0 Å². The maximum absolute atomic E-state index is 14.1. The first-order valence-corrected chi connectivity index (χ1v) is 12.5. The van der Waals surface area contributed by atoms with Crippen LogP contribution < -0.4 is 10.1 Å². The molecule has 0 aliphatic rings. The topological polar surface area (TPSA) is 64.6 Å². The van der Waals surface area contributed by atoms with Crippen LogP contribution in [0.1, 0.15) is 16.7 Å². The van der Waals surface area contributed by atoms with Crippen LogP contribution in [-0.2, 0) is 33.8 Å². The van der Waals surface area contributed by atoms with Gasteiger partial charge in [-0.05, 0) is 59.2 Å². The van der Waals surface area contributed by atoms with Gasteiger partial charge in [-0.1, -0.05) is 72.3 Å². The molecule has 4 aromatic rings. The lowest BCUT2D eigenvalue weighted by Crippen LogP contribution is -2.45. The number of ether oxygens (including phenoxy) is 2. The molecule has 7 heteroatoms. The van der Waals surface area contributed by atoms with Crippen molar-refractivity contribution in [3.8, 4) is 11.5 Å². The highest BCUT2D eigenvalue weighted by molar-refractivity contribution is 6.30. The number of carbonyl (C=O) groups is 2. The zero-order chi connectivity index (χ0) is 26.7. The fourth-order valence-electron chi connectivity index (χ4n) is 3.81. The number of hydrogen-bond donors (Lipinski definition) is 1. The smallest absolute Gasteiger partial charge is 0.225 e. The summed E-state index contributed by atoms with van der Waals surface area (Å²) in [5.74, 6) is 0.0949. The van der Waals surface area contributed by atoms with Crippen molar-refractivity contribution >= 4 is 23.3 Å². The van der Waals surface area contributed by atoms with Gasteiger partial charge in [0.1, 0.15) is 23.4 Å². The lowest BCUT2D eigenvalue weighted by atomic mass is 10.0. The van der Waals surface area contributed by atoms with Gasteiger partial charge in [-0.25, -0.2) is 4.39 Å². The maximum atomic E-state index is 14.1. The minimum absolute atomic E-state index is 0.0211. The van der Waals surface area contributed by atoms with E-state index in [1.54, 1.807) is 24.3 Å². The van der Waals surface area contributed by atoms with Crippen molar-refractivity contribution in [1.82, 2.24) is 5.32 Å². The van der Waals surface area contributed by atoms with Gasteiger partial charge in [-0.15, -0.1) is 0 Å². The molecule has 4 rings (SSSR count). The zero-order valence-corrected chi connectivity index (χ0v) is 21.4. The van der Waals surface area contributed by atoms with E-state index in [-0.39, 0.29) is 37.4 Å². The van der Waals surface area contributed by atoms with Crippen molar-refractivity contribution in [3.63, 3.8) is 0 Å². The third-order valence-corrected chi connectivity index (χ3v) is 5.99. The molecule has 0 bridgehead atoms. The molecule has 0 spiro atoms. The molecule has 5 nitrogen and oxygen atoms in total.